The van der Waals surface area contributed by atoms with E-state index in [1.807, 2.05) is 13.2 Å². The van der Waals surface area contributed by atoms with Crippen molar-refractivity contribution in [3.8, 4) is 11.3 Å². The summed E-state index contributed by atoms with van der Waals surface area (Å²) in [5, 5.41) is 15.0. The summed E-state index contributed by atoms with van der Waals surface area (Å²) in [6.07, 6.45) is 4.63. The minimum Gasteiger partial charge on any atom is -0.319 e. The monoisotopic (exact) mass is 326 g/mol. The lowest BCUT2D eigenvalue weighted by Crippen LogP contribution is -2.38. The lowest BCUT2D eigenvalue weighted by molar-refractivity contribution is 0.167. The second-order valence-corrected chi connectivity index (χ2v) is 6.36. The van der Waals surface area contributed by atoms with E-state index in [0.29, 0.717) is 0 Å². The average molecular weight is 327 g/mol. The Morgan fingerprint density at radius 2 is 2.43 bits per heavy atom. The second kappa shape index (κ2) is 7.94. The number of aromatic amines is 1. The van der Waals surface area contributed by atoms with Crippen LogP contribution in [0.1, 0.15) is 18.4 Å². The first-order valence-electron chi connectivity index (χ1n) is 7.28. The number of H-pyrrole nitrogens is 1. The van der Waals surface area contributed by atoms with E-state index in [0.717, 1.165) is 19.0 Å². The molecule has 0 radical (unpaired) electrons. The largest absolute Gasteiger partial charge is 0.319 e. The van der Waals surface area contributed by atoms with Gasteiger partial charge in [-0.05, 0) is 50.3 Å². The van der Waals surface area contributed by atoms with Crippen LogP contribution in [-0.4, -0.2) is 41.8 Å². The van der Waals surface area contributed by atoms with Gasteiger partial charge in [0, 0.05) is 29.6 Å². The van der Waals surface area contributed by atoms with Crippen molar-refractivity contribution in [2.24, 2.45) is 5.92 Å². The van der Waals surface area contributed by atoms with E-state index in [9.17, 15) is 0 Å². The first-order chi connectivity index (χ1) is 9.86. The maximum Gasteiger partial charge on any atom is 0.0703 e. The number of hydrogen-bond donors (Lipinski definition) is 2. The molecule has 6 heteroatoms. The summed E-state index contributed by atoms with van der Waals surface area (Å²) in [5.74, 6) is 0.783. The predicted molar refractivity (Wildman–Crippen MR) is 91.1 cm³/mol. The fourth-order valence-electron chi connectivity index (χ4n) is 3.08. The number of nitrogens with zero attached hydrogens (tertiary/aromatic N) is 2. The molecule has 2 aromatic heterocycles. The van der Waals surface area contributed by atoms with Gasteiger partial charge in [-0.3, -0.25) is 10.00 Å². The zero-order chi connectivity index (χ0) is 13.8. The van der Waals surface area contributed by atoms with Gasteiger partial charge >= 0.3 is 0 Å². The Hall–Kier alpha value is -0.880. The van der Waals surface area contributed by atoms with Crippen LogP contribution in [0.2, 0.25) is 0 Å². The molecule has 3 rings (SSSR count). The highest BCUT2D eigenvalue weighted by Gasteiger charge is 2.20. The summed E-state index contributed by atoms with van der Waals surface area (Å²) in [4.78, 5) is 2.56. The molecule has 1 fully saturated rings. The van der Waals surface area contributed by atoms with Gasteiger partial charge < -0.3 is 5.32 Å². The third-order valence-corrected chi connectivity index (χ3v) is 4.70. The van der Waals surface area contributed by atoms with Gasteiger partial charge in [0.05, 0.1) is 11.9 Å². The Balaban J connectivity index is 0.00000161. The molecule has 0 saturated carbocycles. The molecule has 1 saturated heterocycles. The van der Waals surface area contributed by atoms with Gasteiger partial charge in [0.25, 0.3) is 0 Å². The summed E-state index contributed by atoms with van der Waals surface area (Å²) < 4.78 is 0. The molecule has 1 aliphatic rings. The van der Waals surface area contributed by atoms with Gasteiger partial charge in [0.15, 0.2) is 0 Å². The first-order valence-corrected chi connectivity index (χ1v) is 8.23. The predicted octanol–water partition coefficient (Wildman–Crippen LogP) is 2.99. The maximum absolute atomic E-state index is 4.24. The fraction of sp³-hybridized carbons (Fsp3) is 0.533. The van der Waals surface area contributed by atoms with Crippen LogP contribution in [0.4, 0.5) is 0 Å². The molecule has 3 heterocycles. The molecule has 0 bridgehead atoms. The number of halogens is 1. The summed E-state index contributed by atoms with van der Waals surface area (Å²) in [7, 11) is 2.05. The van der Waals surface area contributed by atoms with Crippen LogP contribution in [0.15, 0.2) is 23.0 Å². The van der Waals surface area contributed by atoms with Crippen molar-refractivity contribution in [3.63, 3.8) is 0 Å². The van der Waals surface area contributed by atoms with E-state index in [2.05, 4.69) is 37.2 Å². The highest BCUT2D eigenvalue weighted by Crippen LogP contribution is 2.26. The molecule has 116 valence electrons. The number of aromatic nitrogens is 2. The molecule has 1 atom stereocenters. The van der Waals surface area contributed by atoms with E-state index in [4.69, 9.17) is 0 Å². The Morgan fingerprint density at radius 1 is 1.52 bits per heavy atom. The van der Waals surface area contributed by atoms with Gasteiger partial charge in [0.1, 0.15) is 0 Å². The number of rotatable bonds is 5. The Kier molecular flexibility index (Phi) is 6.23. The zero-order valence-electron chi connectivity index (χ0n) is 12.3. The Morgan fingerprint density at radius 3 is 3.19 bits per heavy atom. The number of hydrogen-bond acceptors (Lipinski definition) is 4. The molecule has 4 nitrogen and oxygen atoms in total. The smallest absolute Gasteiger partial charge is 0.0703 e. The molecule has 2 N–H and O–H groups in total. The van der Waals surface area contributed by atoms with E-state index < -0.39 is 0 Å². The number of piperidine rings is 1. The first kappa shape index (κ1) is 16.5. The second-order valence-electron chi connectivity index (χ2n) is 5.58. The Bertz CT molecular complexity index is 524. The number of likely N-dealkylation sites (tertiary alicyclic amines) is 1. The van der Waals surface area contributed by atoms with Crippen LogP contribution < -0.4 is 5.32 Å². The topological polar surface area (TPSA) is 44.0 Å². The molecule has 1 unspecified atom stereocenters. The summed E-state index contributed by atoms with van der Waals surface area (Å²) in [5.41, 5.74) is 3.75. The summed E-state index contributed by atoms with van der Waals surface area (Å²) in [6, 6.07) is 2.15. The normalized spacial score (nSPS) is 19.4. The van der Waals surface area contributed by atoms with Gasteiger partial charge in [0.2, 0.25) is 0 Å². The van der Waals surface area contributed by atoms with Crippen molar-refractivity contribution in [2.45, 2.75) is 19.4 Å². The van der Waals surface area contributed by atoms with Gasteiger partial charge in [-0.2, -0.15) is 16.4 Å². The van der Waals surface area contributed by atoms with Crippen molar-refractivity contribution >= 4 is 23.7 Å². The quantitative estimate of drug-likeness (QED) is 0.887. The highest BCUT2D eigenvalue weighted by atomic mass is 35.5. The molecule has 2 aromatic rings. The van der Waals surface area contributed by atoms with Crippen LogP contribution in [0.25, 0.3) is 11.3 Å². The van der Waals surface area contributed by atoms with Crippen molar-refractivity contribution in [2.75, 3.05) is 26.7 Å². The number of thiophene rings is 1. The molecule has 0 aromatic carbocycles. The lowest BCUT2D eigenvalue weighted by atomic mass is 9.97. The molecule has 0 amide bonds. The Labute approximate surface area is 136 Å². The summed E-state index contributed by atoms with van der Waals surface area (Å²) in [6.45, 7) is 4.52. The molecule has 0 aliphatic carbocycles. The number of nitrogens with one attached hydrogen (secondary N) is 2. The molecule has 0 spiro atoms. The summed E-state index contributed by atoms with van der Waals surface area (Å²) >= 11 is 1.73. The van der Waals surface area contributed by atoms with Crippen LogP contribution in [0, 0.1) is 5.92 Å². The lowest BCUT2D eigenvalue weighted by Gasteiger charge is -2.32. The van der Waals surface area contributed by atoms with E-state index in [1.165, 1.54) is 42.8 Å². The minimum absolute atomic E-state index is 0. The highest BCUT2D eigenvalue weighted by molar-refractivity contribution is 7.08. The zero-order valence-corrected chi connectivity index (χ0v) is 14.0. The van der Waals surface area contributed by atoms with Crippen LogP contribution in [-0.2, 0) is 6.54 Å². The van der Waals surface area contributed by atoms with E-state index >= 15 is 0 Å². The van der Waals surface area contributed by atoms with Gasteiger partial charge in [-0.25, -0.2) is 0 Å². The third kappa shape index (κ3) is 4.07. The van der Waals surface area contributed by atoms with Crippen molar-refractivity contribution in [3.05, 3.63) is 28.6 Å². The fourth-order valence-corrected chi connectivity index (χ4v) is 3.73. The average Bonchev–Trinajstić information content (AvgIpc) is 3.10. The van der Waals surface area contributed by atoms with Gasteiger partial charge in [-0.15, -0.1) is 12.4 Å². The molecule has 1 aliphatic heterocycles. The van der Waals surface area contributed by atoms with E-state index in [1.54, 1.807) is 11.3 Å². The van der Waals surface area contributed by atoms with Crippen LogP contribution >= 0.6 is 23.7 Å². The minimum atomic E-state index is 0. The standard InChI is InChI=1S/C15H22N4S.ClH/c1-16-7-12-3-2-5-19(9-12)10-14-8-17-18-15(14)13-4-6-20-11-13;/h4,6,8,11-12,16H,2-3,5,7,9-10H2,1H3,(H,17,18);1H. The third-order valence-electron chi connectivity index (χ3n) is 4.02. The molecular weight excluding hydrogens is 304 g/mol. The van der Waals surface area contributed by atoms with E-state index in [-0.39, 0.29) is 12.4 Å². The molecule has 21 heavy (non-hydrogen) atoms. The van der Waals surface area contributed by atoms with Crippen LogP contribution in [0.3, 0.4) is 0 Å². The van der Waals surface area contributed by atoms with Crippen molar-refractivity contribution in [1.29, 1.82) is 0 Å². The van der Waals surface area contributed by atoms with Crippen molar-refractivity contribution in [1.82, 2.24) is 20.4 Å². The van der Waals surface area contributed by atoms with Gasteiger partial charge in [-0.1, -0.05) is 0 Å². The SMILES string of the molecule is CNCC1CCCN(Cc2cn[nH]c2-c2ccsc2)C1.Cl. The molecular formula is C15H23ClN4S. The van der Waals surface area contributed by atoms with Crippen molar-refractivity contribution < 1.29 is 0 Å². The van der Waals surface area contributed by atoms with Crippen LogP contribution in [0.5, 0.6) is 0 Å². The maximum atomic E-state index is 4.24.